The normalized spacial score (nSPS) is 12.3. The van der Waals surface area contributed by atoms with Gasteiger partial charge in [0.25, 0.3) is 0 Å². The SMILES string of the molecule is Cc1noc(C)c1S(=O)(=O)NCCS(=O)(=O)N(C)c1ccccc1. The fraction of sp³-hybridized carbons (Fsp3) is 0.357. The molecule has 0 spiro atoms. The monoisotopic (exact) mass is 373 g/mol. The van der Waals surface area contributed by atoms with E-state index in [0.29, 0.717) is 5.69 Å². The molecule has 0 saturated heterocycles. The molecule has 0 amide bonds. The van der Waals surface area contributed by atoms with E-state index in [2.05, 4.69) is 9.88 Å². The van der Waals surface area contributed by atoms with Crippen molar-refractivity contribution in [3.05, 3.63) is 41.8 Å². The first-order chi connectivity index (χ1) is 11.1. The van der Waals surface area contributed by atoms with Crippen molar-refractivity contribution in [1.82, 2.24) is 9.88 Å². The van der Waals surface area contributed by atoms with Crippen molar-refractivity contribution in [2.75, 3.05) is 23.7 Å². The molecule has 2 rings (SSSR count). The molecule has 0 bridgehead atoms. The van der Waals surface area contributed by atoms with E-state index in [4.69, 9.17) is 4.52 Å². The fourth-order valence-corrected chi connectivity index (χ4v) is 4.73. The molecule has 1 aromatic heterocycles. The van der Waals surface area contributed by atoms with E-state index < -0.39 is 20.0 Å². The molecule has 0 unspecified atom stereocenters. The highest BCUT2D eigenvalue weighted by Gasteiger charge is 2.25. The van der Waals surface area contributed by atoms with Crippen LogP contribution in [-0.2, 0) is 20.0 Å². The number of nitrogens with zero attached hydrogens (tertiary/aromatic N) is 2. The van der Waals surface area contributed by atoms with Crippen LogP contribution in [0.3, 0.4) is 0 Å². The van der Waals surface area contributed by atoms with Gasteiger partial charge in [-0.3, -0.25) is 4.31 Å². The number of aromatic nitrogens is 1. The second-order valence-corrected chi connectivity index (χ2v) is 8.99. The topological polar surface area (TPSA) is 110 Å². The van der Waals surface area contributed by atoms with E-state index in [1.54, 1.807) is 30.3 Å². The van der Waals surface area contributed by atoms with Crippen LogP contribution in [0.5, 0.6) is 0 Å². The Kier molecular flexibility index (Phi) is 5.31. The second-order valence-electron chi connectivity index (χ2n) is 5.17. The number of anilines is 1. The summed E-state index contributed by atoms with van der Waals surface area (Å²) in [5.41, 5.74) is 0.732. The van der Waals surface area contributed by atoms with Crippen LogP contribution in [0.15, 0.2) is 39.8 Å². The Balaban J connectivity index is 2.06. The molecule has 132 valence electrons. The van der Waals surface area contributed by atoms with E-state index in [-0.39, 0.29) is 28.6 Å². The van der Waals surface area contributed by atoms with Crippen LogP contribution < -0.4 is 9.03 Å². The van der Waals surface area contributed by atoms with E-state index in [9.17, 15) is 16.8 Å². The molecule has 1 N–H and O–H groups in total. The minimum atomic E-state index is -3.88. The Morgan fingerprint density at radius 2 is 1.75 bits per heavy atom. The van der Waals surface area contributed by atoms with Crippen LogP contribution >= 0.6 is 0 Å². The van der Waals surface area contributed by atoms with Gasteiger partial charge in [-0.25, -0.2) is 21.6 Å². The Labute approximate surface area is 141 Å². The number of para-hydroxylation sites is 1. The van der Waals surface area contributed by atoms with Gasteiger partial charge in [-0.2, -0.15) is 0 Å². The Hall–Kier alpha value is -1.91. The molecule has 0 aliphatic rings. The first-order valence-electron chi connectivity index (χ1n) is 7.09. The Morgan fingerprint density at radius 3 is 2.29 bits per heavy atom. The van der Waals surface area contributed by atoms with Crippen LogP contribution in [0, 0.1) is 13.8 Å². The molecule has 0 aliphatic carbocycles. The first kappa shape index (κ1) is 18.4. The molecule has 1 heterocycles. The largest absolute Gasteiger partial charge is 0.360 e. The van der Waals surface area contributed by atoms with Crippen molar-refractivity contribution in [3.8, 4) is 0 Å². The lowest BCUT2D eigenvalue weighted by Gasteiger charge is -2.19. The summed E-state index contributed by atoms with van der Waals surface area (Å²) in [5.74, 6) is -0.217. The highest BCUT2D eigenvalue weighted by atomic mass is 32.2. The van der Waals surface area contributed by atoms with Gasteiger partial charge < -0.3 is 4.52 Å². The van der Waals surface area contributed by atoms with Crippen LogP contribution in [0.4, 0.5) is 5.69 Å². The summed E-state index contributed by atoms with van der Waals surface area (Å²) in [7, 11) is -6.11. The zero-order valence-corrected chi connectivity index (χ0v) is 15.2. The predicted octanol–water partition coefficient (Wildman–Crippen LogP) is 1.04. The third-order valence-electron chi connectivity index (χ3n) is 3.43. The van der Waals surface area contributed by atoms with E-state index in [0.717, 1.165) is 4.31 Å². The van der Waals surface area contributed by atoms with Crippen molar-refractivity contribution in [3.63, 3.8) is 0 Å². The third-order valence-corrected chi connectivity index (χ3v) is 6.90. The Morgan fingerprint density at radius 1 is 1.12 bits per heavy atom. The maximum atomic E-state index is 12.3. The van der Waals surface area contributed by atoms with Crippen molar-refractivity contribution in [2.24, 2.45) is 0 Å². The van der Waals surface area contributed by atoms with Crippen molar-refractivity contribution in [1.29, 1.82) is 0 Å². The third kappa shape index (κ3) is 3.94. The highest BCUT2D eigenvalue weighted by molar-refractivity contribution is 7.93. The molecule has 0 saturated carbocycles. The molecule has 24 heavy (non-hydrogen) atoms. The molecule has 0 aliphatic heterocycles. The summed E-state index contributed by atoms with van der Waals surface area (Å²) >= 11 is 0. The highest BCUT2D eigenvalue weighted by Crippen LogP contribution is 2.19. The summed E-state index contributed by atoms with van der Waals surface area (Å²) in [4.78, 5) is -0.0590. The average Bonchev–Trinajstić information content (AvgIpc) is 2.86. The number of hydrogen-bond donors (Lipinski definition) is 1. The number of nitrogens with one attached hydrogen (secondary N) is 1. The van der Waals surface area contributed by atoms with Crippen molar-refractivity contribution >= 4 is 25.7 Å². The number of hydrogen-bond acceptors (Lipinski definition) is 6. The van der Waals surface area contributed by atoms with Crippen LogP contribution in [-0.4, -0.2) is 41.3 Å². The standard InChI is InChI=1S/C14H19N3O5S2/c1-11-14(12(2)22-16-11)24(20,21)15-9-10-23(18,19)17(3)13-7-5-4-6-8-13/h4-8,15H,9-10H2,1-3H3. The zero-order valence-electron chi connectivity index (χ0n) is 13.6. The van der Waals surface area contributed by atoms with Gasteiger partial charge in [0.05, 0.1) is 11.4 Å². The molecule has 0 radical (unpaired) electrons. The van der Waals surface area contributed by atoms with Crippen LogP contribution in [0.1, 0.15) is 11.5 Å². The Bertz CT molecular complexity index is 886. The van der Waals surface area contributed by atoms with Crippen LogP contribution in [0.2, 0.25) is 0 Å². The average molecular weight is 373 g/mol. The molecule has 0 atom stereocenters. The van der Waals surface area contributed by atoms with E-state index in [1.807, 2.05) is 0 Å². The minimum Gasteiger partial charge on any atom is -0.360 e. The van der Waals surface area contributed by atoms with Crippen molar-refractivity contribution < 1.29 is 21.4 Å². The molecular weight excluding hydrogens is 354 g/mol. The minimum absolute atomic E-state index is 0.0590. The molecule has 2 aromatic rings. The number of benzene rings is 1. The van der Waals surface area contributed by atoms with Gasteiger partial charge >= 0.3 is 0 Å². The lowest BCUT2D eigenvalue weighted by atomic mass is 10.3. The van der Waals surface area contributed by atoms with Crippen molar-refractivity contribution in [2.45, 2.75) is 18.7 Å². The molecule has 8 nitrogen and oxygen atoms in total. The zero-order chi connectivity index (χ0) is 18.0. The number of aryl methyl sites for hydroxylation is 2. The summed E-state index contributed by atoms with van der Waals surface area (Å²) in [6.07, 6.45) is 0. The van der Waals surface area contributed by atoms with E-state index >= 15 is 0 Å². The molecule has 10 heteroatoms. The molecular formula is C14H19N3O5S2. The van der Waals surface area contributed by atoms with Gasteiger partial charge in [-0.15, -0.1) is 0 Å². The summed E-state index contributed by atoms with van der Waals surface area (Å²) in [5, 5.41) is 3.59. The summed E-state index contributed by atoms with van der Waals surface area (Å²) in [6, 6.07) is 8.54. The summed E-state index contributed by atoms with van der Waals surface area (Å²) < 4.78 is 57.3. The molecule has 0 fully saturated rings. The maximum absolute atomic E-state index is 12.3. The maximum Gasteiger partial charge on any atom is 0.245 e. The predicted molar refractivity (Wildman–Crippen MR) is 89.8 cm³/mol. The quantitative estimate of drug-likeness (QED) is 0.776. The smallest absolute Gasteiger partial charge is 0.245 e. The van der Waals surface area contributed by atoms with Gasteiger partial charge in [0, 0.05) is 13.6 Å². The van der Waals surface area contributed by atoms with Gasteiger partial charge in [0.1, 0.15) is 10.6 Å². The van der Waals surface area contributed by atoms with Gasteiger partial charge in [0.2, 0.25) is 20.0 Å². The molecule has 1 aromatic carbocycles. The van der Waals surface area contributed by atoms with E-state index in [1.165, 1.54) is 20.9 Å². The van der Waals surface area contributed by atoms with Gasteiger partial charge in [-0.05, 0) is 26.0 Å². The number of sulfonamides is 2. The fourth-order valence-electron chi connectivity index (χ4n) is 2.17. The summed E-state index contributed by atoms with van der Waals surface area (Å²) in [6.45, 7) is 2.73. The second kappa shape index (κ2) is 6.91. The lowest BCUT2D eigenvalue weighted by molar-refractivity contribution is 0.390. The van der Waals surface area contributed by atoms with Gasteiger partial charge in [0.15, 0.2) is 5.76 Å². The lowest BCUT2D eigenvalue weighted by Crippen LogP contribution is -2.35. The van der Waals surface area contributed by atoms with Crippen LogP contribution in [0.25, 0.3) is 0 Å². The number of rotatable bonds is 7. The first-order valence-corrected chi connectivity index (χ1v) is 10.2. The van der Waals surface area contributed by atoms with Gasteiger partial charge in [-0.1, -0.05) is 23.4 Å².